The quantitative estimate of drug-likeness (QED) is 0.559. The smallest absolute Gasteiger partial charge is 0.280 e. The fraction of sp³-hybridized carbons (Fsp3) is 0.250. The number of hydrogen-bond donors (Lipinski definition) is 1. The summed E-state index contributed by atoms with van der Waals surface area (Å²) in [5.41, 5.74) is 3.03. The molecule has 0 unspecified atom stereocenters. The van der Waals surface area contributed by atoms with Crippen molar-refractivity contribution in [2.24, 2.45) is 0 Å². The molecule has 28 heavy (non-hydrogen) atoms. The molecular formula is C20H21N7O. The number of nitrogens with zero attached hydrogens (tertiary/aromatic N) is 6. The van der Waals surface area contributed by atoms with Gasteiger partial charge < -0.3 is 4.57 Å². The van der Waals surface area contributed by atoms with E-state index >= 15 is 0 Å². The summed E-state index contributed by atoms with van der Waals surface area (Å²) in [4.78, 5) is 21.6. The Hall–Kier alpha value is -3.55. The Balaban J connectivity index is 1.61. The van der Waals surface area contributed by atoms with Crippen molar-refractivity contribution in [2.75, 3.05) is 5.32 Å². The van der Waals surface area contributed by atoms with Crippen molar-refractivity contribution >= 4 is 22.9 Å². The molecule has 0 aliphatic carbocycles. The van der Waals surface area contributed by atoms with Crippen molar-refractivity contribution in [3.63, 3.8) is 0 Å². The van der Waals surface area contributed by atoms with Crippen LogP contribution in [0.3, 0.4) is 0 Å². The van der Waals surface area contributed by atoms with Crippen LogP contribution in [0.5, 0.6) is 0 Å². The molecule has 4 aromatic rings. The molecule has 142 valence electrons. The van der Waals surface area contributed by atoms with Crippen molar-refractivity contribution in [3.8, 4) is 0 Å². The summed E-state index contributed by atoms with van der Waals surface area (Å²) in [7, 11) is 0. The maximum atomic E-state index is 12.7. The fourth-order valence-corrected chi connectivity index (χ4v) is 2.97. The van der Waals surface area contributed by atoms with Crippen molar-refractivity contribution in [1.82, 2.24) is 29.5 Å². The van der Waals surface area contributed by atoms with E-state index in [1.165, 1.54) is 0 Å². The number of carbonyl (C=O) groups is 1. The van der Waals surface area contributed by atoms with Crippen LogP contribution in [0.2, 0.25) is 0 Å². The van der Waals surface area contributed by atoms with Gasteiger partial charge in [0.25, 0.3) is 5.91 Å². The molecule has 0 aliphatic heterocycles. The van der Waals surface area contributed by atoms with Gasteiger partial charge in [0.1, 0.15) is 0 Å². The molecule has 4 rings (SSSR count). The number of imidazole rings is 1. The van der Waals surface area contributed by atoms with Crippen LogP contribution < -0.4 is 5.32 Å². The SMILES string of the molecule is CC(C)n1cc(C(=O)Nc2nc3ccccc3n2CCc2ccccn2)nn1. The van der Waals surface area contributed by atoms with Gasteiger partial charge in [-0.15, -0.1) is 5.10 Å². The first kappa shape index (κ1) is 17.8. The summed E-state index contributed by atoms with van der Waals surface area (Å²) in [5, 5.41) is 10.8. The molecule has 8 nitrogen and oxygen atoms in total. The van der Waals surface area contributed by atoms with Crippen molar-refractivity contribution in [2.45, 2.75) is 32.9 Å². The van der Waals surface area contributed by atoms with Crippen LogP contribution in [0.15, 0.2) is 54.9 Å². The van der Waals surface area contributed by atoms with E-state index in [-0.39, 0.29) is 17.6 Å². The second-order valence-electron chi connectivity index (χ2n) is 6.78. The highest BCUT2D eigenvalue weighted by Gasteiger charge is 2.17. The molecule has 1 aromatic carbocycles. The topological polar surface area (TPSA) is 90.5 Å². The van der Waals surface area contributed by atoms with Crippen LogP contribution in [0, 0.1) is 0 Å². The first-order chi connectivity index (χ1) is 13.6. The number of hydrogen-bond acceptors (Lipinski definition) is 5. The van der Waals surface area contributed by atoms with E-state index in [0.29, 0.717) is 12.5 Å². The lowest BCUT2D eigenvalue weighted by Crippen LogP contribution is -2.17. The van der Waals surface area contributed by atoms with Crippen molar-refractivity contribution in [3.05, 3.63) is 66.2 Å². The number of rotatable bonds is 6. The van der Waals surface area contributed by atoms with Gasteiger partial charge in [-0.3, -0.25) is 15.1 Å². The van der Waals surface area contributed by atoms with E-state index in [1.54, 1.807) is 17.1 Å². The third kappa shape index (κ3) is 3.62. The van der Waals surface area contributed by atoms with Gasteiger partial charge in [-0.05, 0) is 38.1 Å². The lowest BCUT2D eigenvalue weighted by atomic mass is 10.2. The number of aryl methyl sites for hydroxylation is 2. The van der Waals surface area contributed by atoms with Crippen LogP contribution in [-0.2, 0) is 13.0 Å². The highest BCUT2D eigenvalue weighted by atomic mass is 16.2. The van der Waals surface area contributed by atoms with Crippen molar-refractivity contribution < 1.29 is 4.79 Å². The van der Waals surface area contributed by atoms with E-state index in [1.807, 2.05) is 60.9 Å². The highest BCUT2D eigenvalue weighted by molar-refractivity contribution is 6.02. The van der Waals surface area contributed by atoms with E-state index < -0.39 is 0 Å². The molecule has 0 saturated heterocycles. The molecule has 3 heterocycles. The molecule has 0 fully saturated rings. The predicted octanol–water partition coefficient (Wildman–Crippen LogP) is 3.10. The number of nitrogens with one attached hydrogen (secondary N) is 1. The van der Waals surface area contributed by atoms with E-state index in [2.05, 4.69) is 25.6 Å². The molecule has 0 atom stereocenters. The molecular weight excluding hydrogens is 354 g/mol. The Labute approximate surface area is 162 Å². The Morgan fingerprint density at radius 2 is 1.96 bits per heavy atom. The third-order valence-corrected chi connectivity index (χ3v) is 4.47. The zero-order valence-electron chi connectivity index (χ0n) is 15.8. The van der Waals surface area contributed by atoms with Crippen LogP contribution >= 0.6 is 0 Å². The van der Waals surface area contributed by atoms with Gasteiger partial charge in [-0.2, -0.15) is 0 Å². The molecule has 1 amide bonds. The zero-order chi connectivity index (χ0) is 19.5. The van der Waals surface area contributed by atoms with E-state index in [9.17, 15) is 4.79 Å². The van der Waals surface area contributed by atoms with E-state index in [0.717, 1.165) is 23.1 Å². The minimum Gasteiger partial charge on any atom is -0.310 e. The van der Waals surface area contributed by atoms with Gasteiger partial charge in [-0.1, -0.05) is 23.4 Å². The normalized spacial score (nSPS) is 11.2. The number of carbonyl (C=O) groups excluding carboxylic acids is 1. The number of pyridine rings is 1. The minimum atomic E-state index is -0.332. The maximum Gasteiger partial charge on any atom is 0.280 e. The Morgan fingerprint density at radius 3 is 2.71 bits per heavy atom. The maximum absolute atomic E-state index is 12.7. The largest absolute Gasteiger partial charge is 0.310 e. The van der Waals surface area contributed by atoms with Crippen LogP contribution in [0.4, 0.5) is 5.95 Å². The fourth-order valence-electron chi connectivity index (χ4n) is 2.97. The first-order valence-corrected chi connectivity index (χ1v) is 9.20. The molecule has 0 saturated carbocycles. The number of para-hydroxylation sites is 2. The molecule has 8 heteroatoms. The van der Waals surface area contributed by atoms with Gasteiger partial charge in [0.15, 0.2) is 5.69 Å². The first-order valence-electron chi connectivity index (χ1n) is 9.20. The predicted molar refractivity (Wildman–Crippen MR) is 106 cm³/mol. The third-order valence-electron chi connectivity index (χ3n) is 4.47. The molecule has 3 aromatic heterocycles. The van der Waals surface area contributed by atoms with Crippen LogP contribution in [0.1, 0.15) is 36.1 Å². The standard InChI is InChI=1S/C20H21N7O/c1-14(2)27-13-17(24-25-27)19(28)23-20-22-16-8-3-4-9-18(16)26(20)12-10-15-7-5-6-11-21-15/h3-9,11,13-14H,10,12H2,1-2H3,(H,22,23,28). The average Bonchev–Trinajstić information content (AvgIpc) is 3.32. The summed E-state index contributed by atoms with van der Waals surface area (Å²) < 4.78 is 3.65. The monoisotopic (exact) mass is 375 g/mol. The lowest BCUT2D eigenvalue weighted by Gasteiger charge is -2.09. The number of fused-ring (bicyclic) bond motifs is 1. The number of benzene rings is 1. The van der Waals surface area contributed by atoms with E-state index in [4.69, 9.17) is 0 Å². The van der Waals surface area contributed by atoms with Gasteiger partial charge in [-0.25, -0.2) is 9.67 Å². The Morgan fingerprint density at radius 1 is 1.14 bits per heavy atom. The number of amides is 1. The Kier molecular flexibility index (Phi) is 4.84. The number of aromatic nitrogens is 6. The van der Waals surface area contributed by atoms with Crippen LogP contribution in [-0.4, -0.2) is 35.4 Å². The molecule has 0 spiro atoms. The van der Waals surface area contributed by atoms with Crippen molar-refractivity contribution in [1.29, 1.82) is 0 Å². The second-order valence-corrected chi connectivity index (χ2v) is 6.78. The highest BCUT2D eigenvalue weighted by Crippen LogP contribution is 2.20. The molecule has 0 bridgehead atoms. The Bertz CT molecular complexity index is 1100. The summed E-state index contributed by atoms with van der Waals surface area (Å²) in [6, 6.07) is 13.8. The number of anilines is 1. The molecule has 0 radical (unpaired) electrons. The van der Waals surface area contributed by atoms with Crippen LogP contribution in [0.25, 0.3) is 11.0 Å². The zero-order valence-corrected chi connectivity index (χ0v) is 15.8. The second kappa shape index (κ2) is 7.59. The summed E-state index contributed by atoms with van der Waals surface area (Å²) in [5.74, 6) is 0.155. The minimum absolute atomic E-state index is 0.136. The summed E-state index contributed by atoms with van der Waals surface area (Å²) in [6.45, 7) is 4.60. The molecule has 0 aliphatic rings. The van der Waals surface area contributed by atoms with Gasteiger partial charge in [0, 0.05) is 30.9 Å². The van der Waals surface area contributed by atoms with Gasteiger partial charge in [0.2, 0.25) is 5.95 Å². The summed E-state index contributed by atoms with van der Waals surface area (Å²) >= 11 is 0. The lowest BCUT2D eigenvalue weighted by molar-refractivity contribution is 0.102. The average molecular weight is 375 g/mol. The van der Waals surface area contributed by atoms with Gasteiger partial charge in [0.05, 0.1) is 17.2 Å². The summed E-state index contributed by atoms with van der Waals surface area (Å²) in [6.07, 6.45) is 4.15. The molecule has 1 N–H and O–H groups in total. The van der Waals surface area contributed by atoms with Gasteiger partial charge >= 0.3 is 0 Å².